The lowest BCUT2D eigenvalue weighted by Crippen LogP contribution is -2.16. The van der Waals surface area contributed by atoms with Crippen molar-refractivity contribution in [3.63, 3.8) is 0 Å². The highest BCUT2D eigenvalue weighted by atomic mass is 16.5. The summed E-state index contributed by atoms with van der Waals surface area (Å²) < 4.78 is 10.4. The number of hydrogen-bond acceptors (Lipinski definition) is 7. The molecule has 1 unspecified atom stereocenters. The lowest BCUT2D eigenvalue weighted by molar-refractivity contribution is -0.117. The van der Waals surface area contributed by atoms with E-state index < -0.39 is 17.5 Å². The Morgan fingerprint density at radius 2 is 1.38 bits per heavy atom. The maximum absolute atomic E-state index is 12.4. The minimum atomic E-state index is -0.705. The zero-order chi connectivity index (χ0) is 29.8. The summed E-state index contributed by atoms with van der Waals surface area (Å²) in [5.41, 5.74) is 2.39. The number of methoxy groups -OCH3 is 1. The van der Waals surface area contributed by atoms with Gasteiger partial charge in [0.1, 0.15) is 28.8 Å². The maximum atomic E-state index is 12.4. The first-order valence-electron chi connectivity index (χ1n) is 13.4. The number of Topliss-reactive ketones (excluding diaryl/α,β-unsaturated/α-hetero) is 3. The lowest BCUT2D eigenvalue weighted by atomic mass is 9.87. The lowest BCUT2D eigenvalue weighted by Gasteiger charge is -2.17. The van der Waals surface area contributed by atoms with Crippen LogP contribution in [0.1, 0.15) is 62.6 Å². The minimum Gasteiger partial charge on any atom is -0.507 e. The Labute approximate surface area is 242 Å². The van der Waals surface area contributed by atoms with Crippen molar-refractivity contribution in [3.8, 4) is 11.5 Å². The van der Waals surface area contributed by atoms with Gasteiger partial charge in [0.15, 0.2) is 11.6 Å². The third-order valence-corrected chi connectivity index (χ3v) is 7.29. The Balaban J connectivity index is 0.000000171. The van der Waals surface area contributed by atoms with Crippen LogP contribution in [-0.4, -0.2) is 29.6 Å². The molecule has 42 heavy (non-hydrogen) atoms. The zero-order valence-corrected chi connectivity index (χ0v) is 23.1. The van der Waals surface area contributed by atoms with Crippen LogP contribution in [0.2, 0.25) is 0 Å². The van der Waals surface area contributed by atoms with Crippen molar-refractivity contribution in [2.45, 2.75) is 25.2 Å². The molecule has 7 nitrogen and oxygen atoms in total. The van der Waals surface area contributed by atoms with Gasteiger partial charge in [0.2, 0.25) is 0 Å². The van der Waals surface area contributed by atoms with Crippen LogP contribution in [0.25, 0.3) is 11.0 Å². The van der Waals surface area contributed by atoms with Gasteiger partial charge in [-0.3, -0.25) is 14.4 Å². The van der Waals surface area contributed by atoms with Gasteiger partial charge in [0.05, 0.1) is 18.1 Å². The molecule has 7 heteroatoms. The molecule has 210 valence electrons. The second kappa shape index (κ2) is 12.1. The minimum absolute atomic E-state index is 0.0641. The number of ketones is 3. The van der Waals surface area contributed by atoms with E-state index in [1.54, 1.807) is 79.9 Å². The Morgan fingerprint density at radius 3 is 1.98 bits per heavy atom. The molecule has 0 saturated carbocycles. The number of rotatable bonds is 6. The molecule has 0 spiro atoms. The van der Waals surface area contributed by atoms with E-state index in [1.807, 2.05) is 30.3 Å². The topological polar surface area (TPSA) is 111 Å². The molecule has 1 aromatic heterocycles. The summed E-state index contributed by atoms with van der Waals surface area (Å²) in [5.74, 6) is -0.952. The van der Waals surface area contributed by atoms with E-state index >= 15 is 0 Å². The van der Waals surface area contributed by atoms with Gasteiger partial charge in [0.25, 0.3) is 0 Å². The van der Waals surface area contributed by atoms with E-state index in [0.717, 1.165) is 5.56 Å². The summed E-state index contributed by atoms with van der Waals surface area (Å²) in [6.45, 7) is 1.47. The van der Waals surface area contributed by atoms with E-state index in [-0.39, 0.29) is 35.1 Å². The van der Waals surface area contributed by atoms with E-state index in [2.05, 4.69) is 0 Å². The number of hydrogen-bond donors (Lipinski definition) is 1. The standard InChI is InChI=1S/C19H16O4.C16H12O3/c1-12(20)11-15(13-7-3-2-4-8-13)17-18(21)14-9-5-6-10-16(14)23-19(17)22;1-19-11-8-6-10(7-9-11)14-15(17)12-4-2-3-5-13(12)16(14)18/h2-10,15,21H,11H2,1H3;2-9,14H,1H3. The maximum Gasteiger partial charge on any atom is 0.343 e. The van der Waals surface area contributed by atoms with Crippen LogP contribution in [0, 0.1) is 0 Å². The number of benzene rings is 4. The molecular formula is C35H28O7. The molecule has 4 aromatic carbocycles. The van der Waals surface area contributed by atoms with Gasteiger partial charge >= 0.3 is 5.63 Å². The Kier molecular flexibility index (Phi) is 8.11. The fourth-order valence-corrected chi connectivity index (χ4v) is 5.26. The Morgan fingerprint density at radius 1 is 0.810 bits per heavy atom. The van der Waals surface area contributed by atoms with Crippen LogP contribution < -0.4 is 10.4 Å². The van der Waals surface area contributed by atoms with Crippen LogP contribution in [0.3, 0.4) is 0 Å². The molecule has 1 heterocycles. The van der Waals surface area contributed by atoms with Crippen LogP contribution in [0.15, 0.2) is 112 Å². The van der Waals surface area contributed by atoms with Crippen LogP contribution >= 0.6 is 0 Å². The largest absolute Gasteiger partial charge is 0.507 e. The summed E-state index contributed by atoms with van der Waals surface area (Å²) in [4.78, 5) is 48.7. The summed E-state index contributed by atoms with van der Waals surface area (Å²) in [5, 5.41) is 11.1. The third-order valence-electron chi connectivity index (χ3n) is 7.29. The van der Waals surface area contributed by atoms with Crippen LogP contribution in [-0.2, 0) is 4.79 Å². The summed E-state index contributed by atoms with van der Waals surface area (Å²) in [6.07, 6.45) is 0.126. The van der Waals surface area contributed by atoms with Gasteiger partial charge in [-0.2, -0.15) is 0 Å². The Hall–Kier alpha value is -5.30. The van der Waals surface area contributed by atoms with Crippen molar-refractivity contribution in [1.82, 2.24) is 0 Å². The molecule has 5 aromatic rings. The number of carbonyl (C=O) groups is 3. The monoisotopic (exact) mass is 560 g/mol. The summed E-state index contributed by atoms with van der Waals surface area (Å²) in [7, 11) is 1.58. The number of para-hydroxylation sites is 1. The van der Waals surface area contributed by atoms with Gasteiger partial charge in [-0.15, -0.1) is 0 Å². The highest BCUT2D eigenvalue weighted by Crippen LogP contribution is 2.36. The quantitative estimate of drug-likeness (QED) is 0.187. The molecule has 6 rings (SSSR count). The SMILES string of the molecule is CC(=O)CC(c1ccccc1)c1c(O)c2ccccc2oc1=O.COc1ccc(C2C(=O)c3ccccc3C2=O)cc1. The van der Waals surface area contributed by atoms with Crippen LogP contribution in [0.4, 0.5) is 0 Å². The predicted molar refractivity (Wildman–Crippen MR) is 159 cm³/mol. The highest BCUT2D eigenvalue weighted by molar-refractivity contribution is 6.29. The fraction of sp³-hybridized carbons (Fsp3) is 0.143. The van der Waals surface area contributed by atoms with Gasteiger partial charge in [-0.05, 0) is 42.3 Å². The van der Waals surface area contributed by atoms with Crippen molar-refractivity contribution < 1.29 is 28.6 Å². The average Bonchev–Trinajstić information content (AvgIpc) is 3.26. The second-order valence-electron chi connectivity index (χ2n) is 10.00. The summed E-state index contributed by atoms with van der Waals surface area (Å²) in [6, 6.07) is 30.0. The zero-order valence-electron chi connectivity index (χ0n) is 23.1. The van der Waals surface area contributed by atoms with Crippen LogP contribution in [0.5, 0.6) is 11.5 Å². The third kappa shape index (κ3) is 5.49. The van der Waals surface area contributed by atoms with Gasteiger partial charge in [-0.25, -0.2) is 4.79 Å². The normalized spacial score (nSPS) is 13.3. The molecule has 0 radical (unpaired) electrons. The van der Waals surface area contributed by atoms with E-state index in [4.69, 9.17) is 9.15 Å². The molecule has 1 atom stereocenters. The number of fused-ring (bicyclic) bond motifs is 2. The first kappa shape index (κ1) is 28.2. The highest BCUT2D eigenvalue weighted by Gasteiger charge is 2.39. The summed E-state index contributed by atoms with van der Waals surface area (Å²) >= 11 is 0. The first-order chi connectivity index (χ1) is 20.3. The second-order valence-corrected chi connectivity index (χ2v) is 10.00. The number of aromatic hydroxyl groups is 1. The fourth-order valence-electron chi connectivity index (χ4n) is 5.26. The average molecular weight is 561 g/mol. The molecule has 1 N–H and O–H groups in total. The van der Waals surface area contributed by atoms with Crippen molar-refractivity contribution in [1.29, 1.82) is 0 Å². The van der Waals surface area contributed by atoms with E-state index in [9.17, 15) is 24.3 Å². The van der Waals surface area contributed by atoms with Crippen molar-refractivity contribution in [3.05, 3.63) is 141 Å². The van der Waals surface area contributed by atoms with Gasteiger partial charge in [-0.1, -0.05) is 78.9 Å². The smallest absolute Gasteiger partial charge is 0.343 e. The number of carbonyl (C=O) groups excluding carboxylic acids is 3. The molecule has 1 aliphatic rings. The van der Waals surface area contributed by atoms with Gasteiger partial charge in [0, 0.05) is 23.5 Å². The van der Waals surface area contributed by atoms with E-state index in [1.165, 1.54) is 6.92 Å². The van der Waals surface area contributed by atoms with Crippen molar-refractivity contribution in [2.24, 2.45) is 0 Å². The Bertz CT molecular complexity index is 1800. The molecular weight excluding hydrogens is 532 g/mol. The van der Waals surface area contributed by atoms with Crippen molar-refractivity contribution in [2.75, 3.05) is 7.11 Å². The molecule has 0 fully saturated rings. The predicted octanol–water partition coefficient (Wildman–Crippen LogP) is 6.47. The molecule has 0 saturated heterocycles. The molecule has 0 amide bonds. The van der Waals surface area contributed by atoms with E-state index in [0.29, 0.717) is 33.4 Å². The first-order valence-corrected chi connectivity index (χ1v) is 13.4. The van der Waals surface area contributed by atoms with Gasteiger partial charge < -0.3 is 14.3 Å². The molecule has 0 bridgehead atoms. The number of ether oxygens (including phenoxy) is 1. The van der Waals surface area contributed by atoms with Crippen molar-refractivity contribution >= 4 is 28.3 Å². The molecule has 0 aliphatic heterocycles. The molecule has 1 aliphatic carbocycles.